The van der Waals surface area contributed by atoms with Crippen molar-refractivity contribution in [2.24, 2.45) is 0 Å². The summed E-state index contributed by atoms with van der Waals surface area (Å²) in [7, 11) is -1.81. The van der Waals surface area contributed by atoms with Crippen molar-refractivity contribution >= 4 is 61.6 Å². The molecule has 3 aromatic carbocycles. The minimum Gasteiger partial charge on any atom is -0.339 e. The first-order valence-electron chi connectivity index (χ1n) is 13.3. The molecular weight excluding hydrogens is 588 g/mol. The lowest BCUT2D eigenvalue weighted by molar-refractivity contribution is 0.0993. The van der Waals surface area contributed by atoms with Gasteiger partial charge in [0.05, 0.1) is 17.3 Å². The molecule has 2 aromatic heterocycles. The number of hydrogen-bond acceptors (Lipinski definition) is 8. The molecule has 2 heterocycles. The Kier molecular flexibility index (Phi) is 8.60. The predicted octanol–water partition coefficient (Wildman–Crippen LogP) is 6.83. The highest BCUT2D eigenvalue weighted by atomic mass is 32.2. The van der Waals surface area contributed by atoms with Gasteiger partial charge in [-0.05, 0) is 78.7 Å². The molecule has 0 aliphatic heterocycles. The van der Waals surface area contributed by atoms with Crippen LogP contribution >= 0.6 is 11.8 Å². The maximum absolute atomic E-state index is 13.9. The van der Waals surface area contributed by atoms with Crippen LogP contribution in [0.3, 0.4) is 0 Å². The van der Waals surface area contributed by atoms with Gasteiger partial charge >= 0.3 is 0 Å². The number of rotatable bonds is 9. The van der Waals surface area contributed by atoms with E-state index in [1.54, 1.807) is 55.6 Å². The molecule has 0 fully saturated rings. The van der Waals surface area contributed by atoms with Gasteiger partial charge in [0.25, 0.3) is 5.91 Å². The van der Waals surface area contributed by atoms with Crippen LogP contribution < -0.4 is 14.9 Å². The second-order valence-electron chi connectivity index (χ2n) is 10.2. The summed E-state index contributed by atoms with van der Waals surface area (Å²) < 4.78 is 39.5. The number of nitrogens with zero attached hydrogens (tertiary/aromatic N) is 4. The quantitative estimate of drug-likeness (QED) is 0.185. The molecule has 9 nitrogen and oxygen atoms in total. The highest BCUT2D eigenvalue weighted by molar-refractivity contribution is 7.99. The van der Waals surface area contributed by atoms with E-state index in [0.29, 0.717) is 39.5 Å². The van der Waals surface area contributed by atoms with E-state index in [-0.39, 0.29) is 11.8 Å². The molecular formula is C31H29FN6O3S2. The van der Waals surface area contributed by atoms with E-state index in [2.05, 4.69) is 38.8 Å². The van der Waals surface area contributed by atoms with E-state index in [9.17, 15) is 17.6 Å². The second-order valence-corrected chi connectivity index (χ2v) is 13.0. The maximum atomic E-state index is 13.9. The molecule has 2 N–H and O–H groups in total. The van der Waals surface area contributed by atoms with Crippen molar-refractivity contribution in [3.05, 3.63) is 102 Å². The second kappa shape index (κ2) is 12.4. The Balaban J connectivity index is 1.52. The number of carbonyl (C=O) groups is 1. The number of carbonyl (C=O) groups excluding carboxylic acids is 1. The Hall–Kier alpha value is -4.55. The Morgan fingerprint density at radius 2 is 1.74 bits per heavy atom. The minimum absolute atomic E-state index is 0.232. The number of amides is 1. The number of pyridine rings is 1. The van der Waals surface area contributed by atoms with Crippen molar-refractivity contribution < 1.29 is 17.6 Å². The van der Waals surface area contributed by atoms with Gasteiger partial charge in [-0.2, -0.15) is 0 Å². The summed E-state index contributed by atoms with van der Waals surface area (Å²) in [5, 5.41) is 4.09. The Morgan fingerprint density at radius 1 is 0.977 bits per heavy atom. The van der Waals surface area contributed by atoms with Gasteiger partial charge in [-0.1, -0.05) is 31.7 Å². The Morgan fingerprint density at radius 3 is 2.44 bits per heavy atom. The van der Waals surface area contributed by atoms with E-state index in [1.807, 2.05) is 18.2 Å². The fourth-order valence-electron chi connectivity index (χ4n) is 4.28. The molecule has 0 spiro atoms. The van der Waals surface area contributed by atoms with Crippen LogP contribution in [0.15, 0.2) is 95.0 Å². The standard InChI is InChI=1S/C31H29FN6O3S2/c1-19(2)26-14-13-25-29(35-26)33-18-34-30(25)36-27-16-20(31(39)38(3)23-7-5-6-21(32)17-23)8-15-28(27)42-24-11-9-22(10-12-24)37-43(4,40)41/h5-19,37H,1-4H3,(H,33,34,35,36). The van der Waals surface area contributed by atoms with E-state index in [0.717, 1.165) is 21.7 Å². The average Bonchev–Trinajstić information content (AvgIpc) is 2.97. The Bertz CT molecular complexity index is 1920. The molecule has 5 aromatic rings. The van der Waals surface area contributed by atoms with E-state index < -0.39 is 15.8 Å². The first-order valence-corrected chi connectivity index (χ1v) is 16.0. The topological polar surface area (TPSA) is 117 Å². The SMILES string of the molecule is CC(C)c1ccc2c(Nc3cc(C(=O)N(C)c4cccc(F)c4)ccc3Sc3ccc(NS(C)(=O)=O)cc3)ncnc2n1. The lowest BCUT2D eigenvalue weighted by atomic mass is 10.1. The van der Waals surface area contributed by atoms with Crippen LogP contribution in [0.25, 0.3) is 11.0 Å². The lowest BCUT2D eigenvalue weighted by Crippen LogP contribution is -2.26. The summed E-state index contributed by atoms with van der Waals surface area (Å²) in [5.74, 6) is -0.00733. The molecule has 0 atom stereocenters. The molecule has 12 heteroatoms. The molecule has 220 valence electrons. The molecule has 0 unspecified atom stereocenters. The van der Waals surface area contributed by atoms with E-state index in [4.69, 9.17) is 0 Å². The predicted molar refractivity (Wildman–Crippen MR) is 169 cm³/mol. The number of fused-ring (bicyclic) bond motifs is 1. The van der Waals surface area contributed by atoms with Crippen molar-refractivity contribution in [2.45, 2.75) is 29.6 Å². The Labute approximate surface area is 253 Å². The third-order valence-corrected chi connectivity index (χ3v) is 8.17. The third kappa shape index (κ3) is 7.27. The smallest absolute Gasteiger partial charge is 0.258 e. The fourth-order valence-corrected chi connectivity index (χ4v) is 5.73. The van der Waals surface area contributed by atoms with Crippen molar-refractivity contribution in [3.63, 3.8) is 0 Å². The van der Waals surface area contributed by atoms with Crippen molar-refractivity contribution in [1.82, 2.24) is 15.0 Å². The van der Waals surface area contributed by atoms with Gasteiger partial charge in [0.2, 0.25) is 10.0 Å². The molecule has 0 aliphatic rings. The van der Waals surface area contributed by atoms with E-state index in [1.165, 1.54) is 35.1 Å². The highest BCUT2D eigenvalue weighted by Gasteiger charge is 2.18. The molecule has 5 rings (SSSR count). The maximum Gasteiger partial charge on any atom is 0.258 e. The number of aromatic nitrogens is 3. The van der Waals surface area contributed by atoms with Gasteiger partial charge in [0.1, 0.15) is 18.0 Å². The molecule has 0 bridgehead atoms. The number of anilines is 4. The van der Waals surface area contributed by atoms with Gasteiger partial charge in [0.15, 0.2) is 5.65 Å². The summed E-state index contributed by atoms with van der Waals surface area (Å²) in [4.78, 5) is 30.0. The zero-order valence-electron chi connectivity index (χ0n) is 23.9. The lowest BCUT2D eigenvalue weighted by Gasteiger charge is -2.19. The van der Waals surface area contributed by atoms with Gasteiger partial charge in [-0.25, -0.2) is 27.8 Å². The summed E-state index contributed by atoms with van der Waals surface area (Å²) in [6.45, 7) is 4.12. The molecule has 0 saturated heterocycles. The summed E-state index contributed by atoms with van der Waals surface area (Å²) >= 11 is 1.43. The monoisotopic (exact) mass is 616 g/mol. The van der Waals surface area contributed by atoms with Crippen molar-refractivity contribution in [1.29, 1.82) is 0 Å². The largest absolute Gasteiger partial charge is 0.339 e. The molecule has 1 amide bonds. The van der Waals surface area contributed by atoms with Gasteiger partial charge in [-0.15, -0.1) is 0 Å². The summed E-state index contributed by atoms with van der Waals surface area (Å²) in [5.41, 5.74) is 3.32. The number of nitrogens with one attached hydrogen (secondary N) is 2. The fraction of sp³-hybridized carbons (Fsp3) is 0.161. The van der Waals surface area contributed by atoms with Gasteiger partial charge in [-0.3, -0.25) is 9.52 Å². The van der Waals surface area contributed by atoms with Crippen LogP contribution in [0.4, 0.5) is 27.3 Å². The van der Waals surface area contributed by atoms with Crippen LogP contribution in [0.2, 0.25) is 0 Å². The number of hydrogen-bond donors (Lipinski definition) is 2. The summed E-state index contributed by atoms with van der Waals surface area (Å²) in [6, 6.07) is 21.9. The van der Waals surface area contributed by atoms with Gasteiger partial charge in [0, 0.05) is 39.5 Å². The van der Waals surface area contributed by atoms with Crippen molar-refractivity contribution in [2.75, 3.05) is 28.2 Å². The zero-order valence-corrected chi connectivity index (χ0v) is 25.5. The average molecular weight is 617 g/mol. The first-order chi connectivity index (χ1) is 20.5. The molecule has 43 heavy (non-hydrogen) atoms. The number of benzene rings is 3. The summed E-state index contributed by atoms with van der Waals surface area (Å²) in [6.07, 6.45) is 2.53. The molecule has 0 saturated carbocycles. The van der Waals surface area contributed by atoms with Gasteiger partial charge < -0.3 is 10.2 Å². The minimum atomic E-state index is -3.40. The third-order valence-electron chi connectivity index (χ3n) is 6.48. The normalized spacial score (nSPS) is 11.5. The van der Waals surface area contributed by atoms with Crippen LogP contribution in [0.1, 0.15) is 35.8 Å². The van der Waals surface area contributed by atoms with Crippen LogP contribution in [0, 0.1) is 5.82 Å². The number of halogens is 1. The first kappa shape index (κ1) is 29.9. The van der Waals surface area contributed by atoms with Crippen LogP contribution in [-0.4, -0.2) is 42.6 Å². The zero-order chi connectivity index (χ0) is 30.7. The van der Waals surface area contributed by atoms with Crippen LogP contribution in [0.5, 0.6) is 0 Å². The molecule has 0 aliphatic carbocycles. The van der Waals surface area contributed by atoms with Crippen LogP contribution in [-0.2, 0) is 10.0 Å². The number of sulfonamides is 1. The van der Waals surface area contributed by atoms with Crippen molar-refractivity contribution in [3.8, 4) is 0 Å². The highest BCUT2D eigenvalue weighted by Crippen LogP contribution is 2.37. The van der Waals surface area contributed by atoms with E-state index >= 15 is 0 Å². The molecule has 0 radical (unpaired) electrons.